The predicted octanol–water partition coefficient (Wildman–Crippen LogP) is 13.6. The van der Waals surface area contributed by atoms with E-state index in [0.29, 0.717) is 45.2 Å². The molecule has 0 radical (unpaired) electrons. The SMILES string of the molecule is CS(=O)(=O)O.CSOOO.Nc1ccc(-c2ccc(N)c(N)c2)cc1N.O=C1C(=O)c2cc(S(=O)(=O)O)cc3cccc1c23.O=C1C(=O)c2ccc(S(=O)(=O)O)c3cccc1c23.c1cc2c3c(cccc3c1)-c1nc3cc(-c4ccc5nc6c(nc5c4)-c4cccc5cccc-6c45)ccc3nc1-2. The Morgan fingerprint density at radius 3 is 1.11 bits per heavy atom. The highest BCUT2D eigenvalue weighted by Crippen LogP contribution is 2.48. The molecule has 102 heavy (non-hydrogen) atoms. The van der Waals surface area contributed by atoms with E-state index in [0.717, 1.165) is 102 Å². The molecule has 2 aromatic heterocycles. The first-order valence-electron chi connectivity index (χ1n) is 30.3. The van der Waals surface area contributed by atoms with Crippen LogP contribution in [0.1, 0.15) is 41.4 Å². The van der Waals surface area contributed by atoms with Gasteiger partial charge < -0.3 is 22.9 Å². The number of hydrogen-bond acceptors (Lipinski definition) is 22. The van der Waals surface area contributed by atoms with E-state index in [1.807, 2.05) is 24.3 Å². The maximum atomic E-state index is 11.7. The Morgan fingerprint density at radius 1 is 0.363 bits per heavy atom. The van der Waals surface area contributed by atoms with Gasteiger partial charge in [0.2, 0.25) is 23.1 Å². The molecule has 0 unspecified atom stereocenters. The molecule has 14 aromatic rings. The van der Waals surface area contributed by atoms with Gasteiger partial charge in [0.15, 0.2) is 0 Å². The van der Waals surface area contributed by atoms with Crippen molar-refractivity contribution in [1.29, 1.82) is 0 Å². The average molecular weight is 1440 g/mol. The molecule has 0 bridgehead atoms. The Morgan fingerprint density at radius 2 is 0.716 bits per heavy atom. The van der Waals surface area contributed by atoms with Gasteiger partial charge >= 0.3 is 0 Å². The zero-order valence-electron chi connectivity index (χ0n) is 53.0. The summed E-state index contributed by atoms with van der Waals surface area (Å²) in [5, 5.41) is 16.8. The zero-order chi connectivity index (χ0) is 72.4. The van der Waals surface area contributed by atoms with Gasteiger partial charge in [-0.05, 0) is 111 Å². The van der Waals surface area contributed by atoms with Gasteiger partial charge in [0.25, 0.3) is 30.4 Å². The van der Waals surface area contributed by atoms with Gasteiger partial charge in [0.05, 0.1) is 78.7 Å². The number of Topliss-reactive ketones (excluding diaryl/α,β-unsaturated/α-hetero) is 4. The molecule has 0 spiro atoms. The number of nitrogen functional groups attached to an aromatic ring is 4. The third kappa shape index (κ3) is 13.0. The number of hydrogen-bond donors (Lipinski definition) is 8. The van der Waals surface area contributed by atoms with Gasteiger partial charge in [-0.2, -0.15) is 25.3 Å². The number of carbonyl (C=O) groups is 4. The fraction of sp³-hybridized carbons (Fsp3) is 0.0270. The zero-order valence-corrected chi connectivity index (χ0v) is 56.3. The highest BCUT2D eigenvalue weighted by atomic mass is 32.2. The van der Waals surface area contributed by atoms with Crippen molar-refractivity contribution in [2.45, 2.75) is 9.79 Å². The van der Waals surface area contributed by atoms with E-state index in [1.54, 1.807) is 30.5 Å². The first kappa shape index (κ1) is 68.7. The molecular weight excluding hydrogens is 1390 g/mol. The van der Waals surface area contributed by atoms with Crippen molar-refractivity contribution < 1.29 is 72.7 Å². The van der Waals surface area contributed by atoms with E-state index in [4.69, 9.17) is 61.8 Å². The number of ketones is 4. The minimum absolute atomic E-state index is 0.0284. The number of nitrogens with two attached hydrogens (primary N) is 4. The number of nitrogens with zero attached hydrogens (tertiary/aromatic N) is 4. The van der Waals surface area contributed by atoms with Crippen molar-refractivity contribution in [2.24, 2.45) is 0 Å². The van der Waals surface area contributed by atoms with Gasteiger partial charge in [-0.1, -0.05) is 138 Å². The first-order chi connectivity index (χ1) is 48.6. The quantitative estimate of drug-likeness (QED) is 0.0191. The first-order valence-corrected chi connectivity index (χ1v) is 36.2. The fourth-order valence-electron chi connectivity index (χ4n) is 12.6. The summed E-state index contributed by atoms with van der Waals surface area (Å²) in [6.45, 7) is 0. The third-order valence-electron chi connectivity index (χ3n) is 17.0. The van der Waals surface area contributed by atoms with E-state index in [2.05, 4.69) is 119 Å². The van der Waals surface area contributed by atoms with Crippen LogP contribution in [0, 0.1) is 0 Å². The Bertz CT molecular complexity index is 6100. The molecular formula is C74H52N8O16S4. The normalized spacial score (nSPS) is 12.6. The van der Waals surface area contributed by atoms with Gasteiger partial charge in [-0.3, -0.25) is 32.8 Å². The molecule has 0 aliphatic heterocycles. The van der Waals surface area contributed by atoms with Crippen LogP contribution >= 0.6 is 12.0 Å². The number of fused-ring (bicyclic) bond motifs is 8. The van der Waals surface area contributed by atoms with Crippen LogP contribution in [-0.2, 0) is 39.7 Å². The van der Waals surface area contributed by atoms with Crippen LogP contribution in [0.5, 0.6) is 0 Å². The predicted molar refractivity (Wildman–Crippen MR) is 392 cm³/mol. The lowest BCUT2D eigenvalue weighted by Crippen LogP contribution is -2.07. The second kappa shape index (κ2) is 26.7. The summed E-state index contributed by atoms with van der Waals surface area (Å²) in [5.74, 6) is -2.69. The standard InChI is InChI=1S/C36H18N4.C12H14N4.2C12H6O5S.2CH4O3S/c1-5-19-7-3-11-25-31(19)23(9-1)33-35(25)39-29-17-21(13-15-27(29)37-33)22-14-16-28-30(18-22)40-36-26-12-4-8-20-6-2-10-24(32(20)26)34(36)38-28;13-9-3-1-7(5-11(9)15)8-2-4-10(14)12(16)6-8;13-11-8-3-1-2-6-4-7(18(15,16)17)5-9(10(6)8)12(11)14;13-11-7-3-1-2-6-9(18(15,16)17)5-4-8(10(6)7)12(11)14;1-5(2,3)4;1-5-4-3-2/h1-18H;1-6H,13-16H2;2*1-5H,(H,15,16,17);1H3,(H,2,3,4);2H,1H3. The number of benzene rings is 12. The van der Waals surface area contributed by atoms with E-state index in [1.165, 1.54) is 69.1 Å². The molecule has 18 rings (SSSR count). The maximum absolute atomic E-state index is 11.7. The molecule has 0 atom stereocenters. The van der Waals surface area contributed by atoms with Crippen LogP contribution in [0.15, 0.2) is 216 Å². The Hall–Kier alpha value is -11.8. The lowest BCUT2D eigenvalue weighted by Gasteiger charge is -2.08. The topological polar surface area (TPSA) is 426 Å². The van der Waals surface area contributed by atoms with Crippen LogP contribution in [0.4, 0.5) is 22.7 Å². The fourth-order valence-corrected chi connectivity index (χ4v) is 13.9. The Balaban J connectivity index is 0.000000126. The number of carbonyl (C=O) groups excluding carboxylic acids is 4. The van der Waals surface area contributed by atoms with Gasteiger partial charge in [-0.25, -0.2) is 25.2 Å². The molecule has 0 saturated carbocycles. The highest BCUT2D eigenvalue weighted by Gasteiger charge is 2.34. The van der Waals surface area contributed by atoms with Gasteiger partial charge in [-0.15, -0.1) is 4.33 Å². The van der Waals surface area contributed by atoms with E-state index < -0.39 is 53.5 Å². The number of aromatic nitrogens is 4. The van der Waals surface area contributed by atoms with Crippen molar-refractivity contribution in [3.8, 4) is 67.3 Å². The molecule has 0 fully saturated rings. The average Bonchev–Trinajstić information content (AvgIpc) is 1.61. The summed E-state index contributed by atoms with van der Waals surface area (Å²) in [5.41, 5.74) is 42.0. The van der Waals surface area contributed by atoms with Crippen molar-refractivity contribution in [1.82, 2.24) is 19.9 Å². The molecule has 24 nitrogen and oxygen atoms in total. The van der Waals surface area contributed by atoms with Gasteiger partial charge in [0.1, 0.15) is 4.90 Å². The lowest BCUT2D eigenvalue weighted by atomic mass is 10.0. The van der Waals surface area contributed by atoms with Gasteiger partial charge in [0, 0.05) is 89.7 Å². The largest absolute Gasteiger partial charge is 0.397 e. The van der Waals surface area contributed by atoms with Crippen molar-refractivity contribution in [2.75, 3.05) is 35.4 Å². The summed E-state index contributed by atoms with van der Waals surface area (Å²) in [7, 11) is -12.5. The molecule has 4 aliphatic rings. The lowest BCUT2D eigenvalue weighted by molar-refractivity contribution is -0.432. The smallest absolute Gasteiger partial charge is 0.295 e. The highest BCUT2D eigenvalue weighted by molar-refractivity contribution is 7.93. The van der Waals surface area contributed by atoms with Crippen molar-refractivity contribution >= 4 is 153 Å². The molecule has 0 saturated heterocycles. The number of anilines is 4. The minimum Gasteiger partial charge on any atom is -0.397 e. The van der Waals surface area contributed by atoms with Crippen LogP contribution in [0.2, 0.25) is 0 Å². The van der Waals surface area contributed by atoms with E-state index in [-0.39, 0.29) is 37.4 Å². The molecule has 2 heterocycles. The van der Waals surface area contributed by atoms with Crippen LogP contribution in [0.3, 0.4) is 0 Å². The van der Waals surface area contributed by atoms with E-state index in [9.17, 15) is 44.4 Å². The van der Waals surface area contributed by atoms with Crippen LogP contribution < -0.4 is 22.9 Å². The maximum Gasteiger partial charge on any atom is 0.295 e. The molecule has 508 valence electrons. The van der Waals surface area contributed by atoms with Crippen LogP contribution in [-0.4, -0.2) is 99.7 Å². The summed E-state index contributed by atoms with van der Waals surface area (Å²) in [4.78, 5) is 66.5. The summed E-state index contributed by atoms with van der Waals surface area (Å²) in [6, 6.07) is 63.1. The molecule has 28 heteroatoms. The van der Waals surface area contributed by atoms with E-state index >= 15 is 0 Å². The van der Waals surface area contributed by atoms with Crippen molar-refractivity contribution in [3.63, 3.8) is 0 Å². The second-order valence-corrected chi connectivity index (χ2v) is 28.1. The third-order valence-corrected chi connectivity index (χ3v) is 19.0. The molecule has 4 aliphatic carbocycles. The van der Waals surface area contributed by atoms with Crippen LogP contribution in [0.25, 0.3) is 132 Å². The second-order valence-electron chi connectivity index (χ2n) is 23.4. The summed E-state index contributed by atoms with van der Waals surface area (Å²) in [6.07, 6.45) is 2.34. The molecule has 12 aromatic carbocycles. The summed E-state index contributed by atoms with van der Waals surface area (Å²) < 4.78 is 92.5. The summed E-state index contributed by atoms with van der Waals surface area (Å²) >= 11 is 0.929. The Labute approximate surface area is 583 Å². The molecule has 12 N–H and O–H groups in total. The minimum atomic E-state index is -4.41. The monoisotopic (exact) mass is 1440 g/mol. The molecule has 0 amide bonds. The Kier molecular flexibility index (Phi) is 18.0. The van der Waals surface area contributed by atoms with Crippen molar-refractivity contribution in [3.05, 3.63) is 229 Å². The number of rotatable bonds is 6.